The van der Waals surface area contributed by atoms with E-state index in [1.54, 1.807) is 12.3 Å². The van der Waals surface area contributed by atoms with E-state index in [2.05, 4.69) is 25.0 Å². The van der Waals surface area contributed by atoms with E-state index in [4.69, 9.17) is 27.7 Å². The van der Waals surface area contributed by atoms with E-state index >= 15 is 0 Å². The maximum atomic E-state index is 12.6. The summed E-state index contributed by atoms with van der Waals surface area (Å²) < 4.78 is 6.72. The predicted octanol–water partition coefficient (Wildman–Crippen LogP) is 0.465. The molecule has 5 rings (SSSR count). The van der Waals surface area contributed by atoms with Gasteiger partial charge in [0.2, 0.25) is 5.89 Å². The molecule has 0 spiro atoms. The van der Waals surface area contributed by atoms with Crippen molar-refractivity contribution in [1.29, 1.82) is 0 Å². The number of hydrogen-bond acceptors (Lipinski definition) is 10. The van der Waals surface area contributed by atoms with Gasteiger partial charge in [0.15, 0.2) is 17.3 Å². The number of nitrogen functional groups attached to an aromatic ring is 1. The van der Waals surface area contributed by atoms with Gasteiger partial charge in [0.1, 0.15) is 18.7 Å². The van der Waals surface area contributed by atoms with Gasteiger partial charge in [-0.05, 0) is 24.0 Å². The average molecular weight is 430 g/mol. The lowest BCUT2D eigenvalue weighted by Crippen LogP contribution is -2.35. The number of fused-ring (bicyclic) bond motifs is 1. The summed E-state index contributed by atoms with van der Waals surface area (Å²) in [6.45, 7) is 1.85. The molecule has 1 saturated heterocycles. The number of halogens is 1. The van der Waals surface area contributed by atoms with Crippen LogP contribution in [-0.2, 0) is 6.54 Å². The molecule has 4 N–H and O–H groups in total. The summed E-state index contributed by atoms with van der Waals surface area (Å²) in [5, 5.41) is 5.96. The Kier molecular flexibility index (Phi) is 4.36. The zero-order chi connectivity index (χ0) is 21.0. The Balaban J connectivity index is 1.27. The Labute approximate surface area is 176 Å². The Morgan fingerprint density at radius 2 is 2.10 bits per heavy atom. The van der Waals surface area contributed by atoms with Crippen LogP contribution < -0.4 is 27.0 Å². The van der Waals surface area contributed by atoms with Crippen molar-refractivity contribution in [3.05, 3.63) is 51.7 Å². The summed E-state index contributed by atoms with van der Waals surface area (Å²) in [6.07, 6.45) is 3.06. The van der Waals surface area contributed by atoms with Gasteiger partial charge >= 0.3 is 0 Å². The van der Waals surface area contributed by atoms with Crippen LogP contribution in [-0.4, -0.2) is 44.8 Å². The minimum Gasteiger partial charge on any atom is -0.382 e. The minimum absolute atomic E-state index is 0.0667. The molecule has 2 fully saturated rings. The number of aromatic nitrogens is 5. The number of anilines is 3. The van der Waals surface area contributed by atoms with Crippen molar-refractivity contribution in [1.82, 2.24) is 24.7 Å². The van der Waals surface area contributed by atoms with Gasteiger partial charge in [0, 0.05) is 37.3 Å². The van der Waals surface area contributed by atoms with E-state index in [9.17, 15) is 4.79 Å². The molecule has 3 atom stereocenters. The highest BCUT2D eigenvalue weighted by Crippen LogP contribution is 2.57. The highest BCUT2D eigenvalue weighted by Gasteiger charge is 2.58. The quantitative estimate of drug-likeness (QED) is 0.433. The summed E-state index contributed by atoms with van der Waals surface area (Å²) >= 11 is 6.07. The van der Waals surface area contributed by atoms with Crippen LogP contribution in [0.4, 0.5) is 17.3 Å². The number of nitrogens with zero attached hydrogens (tertiary/aromatic N) is 7. The molecule has 156 valence electrons. The van der Waals surface area contributed by atoms with Gasteiger partial charge in [0.25, 0.3) is 5.56 Å². The summed E-state index contributed by atoms with van der Waals surface area (Å²) in [4.78, 5) is 27.7. The SMILES string of the molecule is CN(N)c1c(N)ncn(Cc2nc(C3[C@H]4CN(c5cc(Cl)ccn5)C[C@@H]34)no2)c1=O. The first-order valence-corrected chi connectivity index (χ1v) is 9.82. The molecule has 1 aliphatic heterocycles. The van der Waals surface area contributed by atoms with Gasteiger partial charge in [-0.2, -0.15) is 4.98 Å². The molecule has 3 aromatic rings. The molecule has 0 radical (unpaired) electrons. The summed E-state index contributed by atoms with van der Waals surface area (Å²) in [6, 6.07) is 3.64. The maximum absolute atomic E-state index is 12.6. The summed E-state index contributed by atoms with van der Waals surface area (Å²) in [5.41, 5.74) is 5.48. The number of rotatable bonds is 5. The zero-order valence-corrected chi connectivity index (χ0v) is 16.9. The van der Waals surface area contributed by atoms with Crippen LogP contribution in [0.5, 0.6) is 0 Å². The Morgan fingerprint density at radius 1 is 1.33 bits per heavy atom. The van der Waals surface area contributed by atoms with Gasteiger partial charge in [-0.1, -0.05) is 16.8 Å². The second-order valence-electron chi connectivity index (χ2n) is 7.66. The van der Waals surface area contributed by atoms with Gasteiger partial charge in [0.05, 0.1) is 0 Å². The second-order valence-corrected chi connectivity index (χ2v) is 8.10. The van der Waals surface area contributed by atoms with E-state index < -0.39 is 0 Å². The Hall–Kier alpha value is -3.18. The molecule has 3 aromatic heterocycles. The van der Waals surface area contributed by atoms with Crippen molar-refractivity contribution in [2.75, 3.05) is 35.8 Å². The van der Waals surface area contributed by atoms with Crippen molar-refractivity contribution < 1.29 is 4.52 Å². The lowest BCUT2D eigenvalue weighted by Gasteiger charge is -2.20. The molecule has 1 saturated carbocycles. The van der Waals surface area contributed by atoms with Crippen LogP contribution in [0.1, 0.15) is 17.6 Å². The molecule has 12 heteroatoms. The van der Waals surface area contributed by atoms with Crippen LogP contribution in [0.3, 0.4) is 0 Å². The topological polar surface area (TPSA) is 145 Å². The third-order valence-electron chi connectivity index (χ3n) is 5.71. The van der Waals surface area contributed by atoms with Gasteiger partial charge < -0.3 is 20.2 Å². The number of hydrazine groups is 1. The van der Waals surface area contributed by atoms with Crippen LogP contribution >= 0.6 is 11.6 Å². The molecular weight excluding hydrogens is 410 g/mol. The molecule has 2 aliphatic rings. The number of pyridine rings is 1. The predicted molar refractivity (Wildman–Crippen MR) is 110 cm³/mol. The second kappa shape index (κ2) is 6.96. The smallest absolute Gasteiger partial charge is 0.280 e. The van der Waals surface area contributed by atoms with Crippen molar-refractivity contribution in [2.45, 2.75) is 12.5 Å². The molecular formula is C18H20ClN9O2. The fraction of sp³-hybridized carbons (Fsp3) is 0.389. The molecule has 1 aliphatic carbocycles. The monoisotopic (exact) mass is 429 g/mol. The molecule has 0 aromatic carbocycles. The Bertz CT molecular complexity index is 1150. The van der Waals surface area contributed by atoms with E-state index in [-0.39, 0.29) is 29.5 Å². The van der Waals surface area contributed by atoms with Crippen LogP contribution in [0.25, 0.3) is 0 Å². The summed E-state index contributed by atoms with van der Waals surface area (Å²) in [7, 11) is 1.53. The average Bonchev–Trinajstić information content (AvgIpc) is 3.06. The first-order chi connectivity index (χ1) is 14.4. The van der Waals surface area contributed by atoms with Gasteiger partial charge in [-0.25, -0.2) is 15.8 Å². The maximum Gasteiger partial charge on any atom is 0.280 e. The molecule has 4 heterocycles. The third kappa shape index (κ3) is 3.15. The van der Waals surface area contributed by atoms with E-state index in [1.165, 1.54) is 17.9 Å². The molecule has 1 unspecified atom stereocenters. The van der Waals surface area contributed by atoms with E-state index in [1.807, 2.05) is 6.07 Å². The minimum atomic E-state index is -0.375. The zero-order valence-electron chi connectivity index (χ0n) is 16.1. The van der Waals surface area contributed by atoms with Crippen molar-refractivity contribution in [3.8, 4) is 0 Å². The molecule has 0 bridgehead atoms. The summed E-state index contributed by atoms with van der Waals surface area (Å²) in [5.74, 6) is 8.80. The third-order valence-corrected chi connectivity index (χ3v) is 5.94. The first kappa shape index (κ1) is 18.8. The van der Waals surface area contributed by atoms with Crippen molar-refractivity contribution in [2.24, 2.45) is 17.7 Å². The van der Waals surface area contributed by atoms with E-state index in [0.717, 1.165) is 23.9 Å². The number of nitrogens with two attached hydrogens (primary N) is 2. The highest BCUT2D eigenvalue weighted by atomic mass is 35.5. The fourth-order valence-corrected chi connectivity index (χ4v) is 4.37. The fourth-order valence-electron chi connectivity index (χ4n) is 4.21. The van der Waals surface area contributed by atoms with E-state index in [0.29, 0.717) is 28.6 Å². The van der Waals surface area contributed by atoms with Gasteiger partial charge in [-0.15, -0.1) is 0 Å². The largest absolute Gasteiger partial charge is 0.382 e. The molecule has 30 heavy (non-hydrogen) atoms. The number of hydrogen-bond donors (Lipinski definition) is 2. The number of piperidine rings is 1. The van der Waals surface area contributed by atoms with Crippen molar-refractivity contribution >= 4 is 28.9 Å². The standard InChI is InChI=1S/C18H20ClN9O2/c1-26(21)15-16(20)23-8-28(18(15)29)7-13-24-17(25-30-13)14-10-5-27(6-11(10)14)12-4-9(19)2-3-22-12/h2-4,8,10-11,14H,5-7,20-21H2,1H3/t10-,11+,14?. The molecule has 11 nitrogen and oxygen atoms in total. The lowest BCUT2D eigenvalue weighted by molar-refractivity contribution is 0.363. The van der Waals surface area contributed by atoms with Gasteiger partial charge in [-0.3, -0.25) is 9.36 Å². The lowest BCUT2D eigenvalue weighted by atomic mass is 10.2. The highest BCUT2D eigenvalue weighted by molar-refractivity contribution is 6.30. The van der Waals surface area contributed by atoms with Crippen LogP contribution in [0.2, 0.25) is 5.02 Å². The van der Waals surface area contributed by atoms with Crippen LogP contribution in [0, 0.1) is 11.8 Å². The molecule has 0 amide bonds. The normalized spacial score (nSPS) is 22.2. The Morgan fingerprint density at radius 3 is 2.80 bits per heavy atom. The van der Waals surface area contributed by atoms with Crippen molar-refractivity contribution in [3.63, 3.8) is 0 Å². The first-order valence-electron chi connectivity index (χ1n) is 9.44. The van der Waals surface area contributed by atoms with Crippen LogP contribution in [0.15, 0.2) is 34.0 Å².